The second-order valence-corrected chi connectivity index (χ2v) is 18.6. The summed E-state index contributed by atoms with van der Waals surface area (Å²) in [6.07, 6.45) is 8.95. The molecule has 1 heterocycles. The van der Waals surface area contributed by atoms with Crippen LogP contribution in [0.25, 0.3) is 5.57 Å². The summed E-state index contributed by atoms with van der Waals surface area (Å²) in [6.45, 7) is 13.1. The lowest BCUT2D eigenvalue weighted by atomic mass is 10.1. The van der Waals surface area contributed by atoms with Crippen molar-refractivity contribution < 1.29 is 9.53 Å². The third kappa shape index (κ3) is 5.76. The molecule has 1 aromatic heterocycles. The first kappa shape index (κ1) is 22.1. The number of hydrogen-bond donors (Lipinski definition) is 0. The molecule has 0 radical (unpaired) electrons. The number of carbonyl (C=O) groups excluding carboxylic acids is 1. The number of pyridine rings is 1. The molecule has 0 bridgehead atoms. The molecule has 1 aromatic rings. The molecular weight excluding hydrogens is 366 g/mol. The number of ether oxygens (including phenoxy) is 1. The van der Waals surface area contributed by atoms with Gasteiger partial charge in [0.25, 0.3) is 0 Å². The largest absolute Gasteiger partial charge is 0.462 e. The summed E-state index contributed by atoms with van der Waals surface area (Å²) in [7, 11) is -2.15. The van der Waals surface area contributed by atoms with Crippen molar-refractivity contribution in [2.24, 2.45) is 0 Å². The Morgan fingerprint density at radius 3 is 2.64 bits per heavy atom. The summed E-state index contributed by atoms with van der Waals surface area (Å²) in [5, 5.41) is 0. The van der Waals surface area contributed by atoms with E-state index in [1.54, 1.807) is 12.4 Å². The molecule has 6 heteroatoms. The maximum atomic E-state index is 12.9. The van der Waals surface area contributed by atoms with Crippen molar-refractivity contribution in [1.29, 1.82) is 0 Å². The molecule has 0 aromatic carbocycles. The maximum absolute atomic E-state index is 12.9. The average molecular weight is 398 g/mol. The smallest absolute Gasteiger partial charge is 0.340 e. The predicted molar refractivity (Wildman–Crippen MR) is 118 cm³/mol. The molecule has 0 spiro atoms. The van der Waals surface area contributed by atoms with Gasteiger partial charge in [-0.15, -0.1) is 18.3 Å². The monoisotopic (exact) mass is 397 g/mol. The summed E-state index contributed by atoms with van der Waals surface area (Å²) >= 11 is 1.83. The van der Waals surface area contributed by atoms with Crippen molar-refractivity contribution in [2.45, 2.75) is 33.4 Å². The average Bonchev–Trinajstić information content (AvgIpc) is 2.59. The van der Waals surface area contributed by atoms with Gasteiger partial charge in [0, 0.05) is 22.2 Å². The number of hydrogen-bond acceptors (Lipinski definition) is 4. The molecule has 1 unspecified atom stereocenters. The Morgan fingerprint density at radius 1 is 1.44 bits per heavy atom. The quantitative estimate of drug-likeness (QED) is 0.239. The van der Waals surface area contributed by atoms with Crippen LogP contribution in [-0.2, 0) is 9.53 Å². The molecule has 0 saturated carbocycles. The van der Waals surface area contributed by atoms with E-state index in [4.69, 9.17) is 4.74 Å². The Balaban J connectivity index is 3.68. The minimum atomic E-state index is -1.09. The van der Waals surface area contributed by atoms with Gasteiger partial charge in [-0.3, -0.25) is 4.98 Å². The molecule has 0 aliphatic heterocycles. The SMILES string of the molecule is C=CCS(C)(C(SCCC)=C(C(=O)OCC)c1cccnc1)[SiH](C)C. The van der Waals surface area contributed by atoms with Gasteiger partial charge in [-0.25, -0.2) is 14.3 Å². The first-order valence-corrected chi connectivity index (χ1v) is 15.7. The number of nitrogens with zero attached hydrogens (tertiary/aromatic N) is 1. The maximum Gasteiger partial charge on any atom is 0.340 e. The van der Waals surface area contributed by atoms with E-state index in [2.05, 4.69) is 37.8 Å². The van der Waals surface area contributed by atoms with Gasteiger partial charge in [-0.2, -0.15) is 0 Å². The second-order valence-electron chi connectivity index (χ2n) is 6.13. The normalized spacial score (nSPS) is 15.9. The van der Waals surface area contributed by atoms with Crippen molar-refractivity contribution in [3.63, 3.8) is 0 Å². The van der Waals surface area contributed by atoms with Crippen LogP contribution in [0.3, 0.4) is 0 Å². The Kier molecular flexibility index (Phi) is 9.60. The Morgan fingerprint density at radius 2 is 2.16 bits per heavy atom. The van der Waals surface area contributed by atoms with Crippen LogP contribution in [0.1, 0.15) is 25.8 Å². The zero-order chi connectivity index (χ0) is 18.9. The summed E-state index contributed by atoms with van der Waals surface area (Å²) in [6, 6.07) is 3.84. The lowest BCUT2D eigenvalue weighted by molar-refractivity contribution is -0.136. The fraction of sp³-hybridized carbons (Fsp3) is 0.474. The fourth-order valence-corrected chi connectivity index (χ4v) is 12.3. The van der Waals surface area contributed by atoms with Crippen LogP contribution in [-0.4, -0.2) is 43.3 Å². The number of aromatic nitrogens is 1. The zero-order valence-electron chi connectivity index (χ0n) is 16.1. The van der Waals surface area contributed by atoms with Gasteiger partial charge < -0.3 is 4.74 Å². The molecule has 0 N–H and O–H groups in total. The van der Waals surface area contributed by atoms with Crippen LogP contribution in [0, 0.1) is 0 Å². The molecule has 0 fully saturated rings. The van der Waals surface area contributed by atoms with Crippen LogP contribution < -0.4 is 0 Å². The van der Waals surface area contributed by atoms with Gasteiger partial charge in [0.2, 0.25) is 0 Å². The van der Waals surface area contributed by atoms with Crippen LogP contribution >= 0.6 is 21.2 Å². The van der Waals surface area contributed by atoms with E-state index in [1.165, 1.54) is 4.24 Å². The molecule has 1 atom stereocenters. The van der Waals surface area contributed by atoms with Gasteiger partial charge in [-0.05, 0) is 37.2 Å². The van der Waals surface area contributed by atoms with Crippen molar-refractivity contribution >= 4 is 40.7 Å². The Hall–Kier alpha value is -0.983. The van der Waals surface area contributed by atoms with Crippen LogP contribution in [0.5, 0.6) is 0 Å². The van der Waals surface area contributed by atoms with Crippen molar-refractivity contribution in [3.8, 4) is 0 Å². The van der Waals surface area contributed by atoms with E-state index in [0.29, 0.717) is 12.2 Å². The summed E-state index contributed by atoms with van der Waals surface area (Å²) in [5.41, 5.74) is 1.57. The topological polar surface area (TPSA) is 39.2 Å². The van der Waals surface area contributed by atoms with E-state index in [1.807, 2.05) is 36.9 Å². The number of thioether (sulfide) groups is 1. The predicted octanol–water partition coefficient (Wildman–Crippen LogP) is 5.06. The lowest BCUT2D eigenvalue weighted by Crippen LogP contribution is -2.21. The van der Waals surface area contributed by atoms with Gasteiger partial charge in [0.15, 0.2) is 0 Å². The molecule has 0 aliphatic rings. The Labute approximate surface area is 159 Å². The summed E-state index contributed by atoms with van der Waals surface area (Å²) < 4.78 is 6.66. The summed E-state index contributed by atoms with van der Waals surface area (Å²) in [5.74, 6) is 1.72. The highest BCUT2D eigenvalue weighted by molar-refractivity contribution is 8.61. The second kappa shape index (κ2) is 10.9. The lowest BCUT2D eigenvalue weighted by Gasteiger charge is -2.42. The first-order chi connectivity index (χ1) is 11.9. The molecule has 1 rings (SSSR count). The van der Waals surface area contributed by atoms with E-state index >= 15 is 0 Å². The minimum absolute atomic E-state index is 0.230. The number of rotatable bonds is 10. The third-order valence-electron chi connectivity index (χ3n) is 4.00. The van der Waals surface area contributed by atoms with Gasteiger partial charge in [0.05, 0.1) is 20.1 Å². The molecule has 0 aliphatic carbocycles. The minimum Gasteiger partial charge on any atom is -0.462 e. The molecule has 140 valence electrons. The van der Waals surface area contributed by atoms with E-state index in [9.17, 15) is 4.79 Å². The Bertz CT molecular complexity index is 605. The molecular formula is C19H31NO2S2Si. The molecule has 0 amide bonds. The van der Waals surface area contributed by atoms with E-state index < -0.39 is 17.4 Å². The standard InChI is InChI=1S/C19H31NO2S2Si/c1-7-13-23-19(24(4,14-8-2)25(5)6)17(18(21)22-9-3)16-11-10-12-20-15-16/h8,10-12,15,25H,2,7,9,13-14H2,1,3-6H3. The van der Waals surface area contributed by atoms with Crippen LogP contribution in [0.4, 0.5) is 0 Å². The molecule has 0 saturated heterocycles. The number of esters is 1. The van der Waals surface area contributed by atoms with Crippen LogP contribution in [0.15, 0.2) is 41.4 Å². The molecule has 3 nitrogen and oxygen atoms in total. The van der Waals surface area contributed by atoms with Gasteiger partial charge in [0.1, 0.15) is 0 Å². The highest BCUT2D eigenvalue weighted by Gasteiger charge is 2.33. The molecule has 25 heavy (non-hydrogen) atoms. The highest BCUT2D eigenvalue weighted by Crippen LogP contribution is 2.61. The van der Waals surface area contributed by atoms with Crippen LogP contribution in [0.2, 0.25) is 13.1 Å². The fourth-order valence-electron chi connectivity index (χ4n) is 2.39. The van der Waals surface area contributed by atoms with Crippen molar-refractivity contribution in [2.75, 3.05) is 24.4 Å². The van der Waals surface area contributed by atoms with Gasteiger partial charge in [-0.1, -0.05) is 32.2 Å². The van der Waals surface area contributed by atoms with E-state index in [0.717, 1.165) is 23.5 Å². The highest BCUT2D eigenvalue weighted by atomic mass is 32.5. The van der Waals surface area contributed by atoms with Gasteiger partial charge >= 0.3 is 5.97 Å². The van der Waals surface area contributed by atoms with Crippen molar-refractivity contribution in [1.82, 2.24) is 4.98 Å². The third-order valence-corrected chi connectivity index (χ3v) is 18.7. The summed E-state index contributed by atoms with van der Waals surface area (Å²) in [4.78, 5) is 17.1. The zero-order valence-corrected chi connectivity index (χ0v) is 18.9. The first-order valence-electron chi connectivity index (χ1n) is 8.72. The van der Waals surface area contributed by atoms with E-state index in [-0.39, 0.29) is 5.97 Å². The number of carbonyl (C=O) groups is 1. The van der Waals surface area contributed by atoms with Crippen molar-refractivity contribution in [3.05, 3.63) is 47.0 Å².